The van der Waals surface area contributed by atoms with Crippen molar-refractivity contribution in [3.05, 3.63) is 76.9 Å². The van der Waals surface area contributed by atoms with Gasteiger partial charge in [-0.25, -0.2) is 9.59 Å². The second kappa shape index (κ2) is 11.0. The van der Waals surface area contributed by atoms with Gasteiger partial charge in [-0.2, -0.15) is 0 Å². The number of nitrogens with one attached hydrogen (secondary N) is 3. The van der Waals surface area contributed by atoms with Crippen LogP contribution in [0.3, 0.4) is 0 Å². The maximum Gasteiger partial charge on any atom is 0.327 e. The van der Waals surface area contributed by atoms with E-state index in [0.29, 0.717) is 34.2 Å². The molecule has 0 aliphatic heterocycles. The zero-order chi connectivity index (χ0) is 25.7. The third kappa shape index (κ3) is 5.70. The van der Waals surface area contributed by atoms with Crippen LogP contribution in [-0.2, 0) is 0 Å². The quantitative estimate of drug-likeness (QED) is 0.257. The van der Waals surface area contributed by atoms with E-state index in [1.165, 1.54) is 0 Å². The standard InChI is InChI=1S/C25H20Cl2N4O5/c1-34-21-12-16-19(13-22(21)35-2)28-11-10-20(16)36-15-8-6-14(7-9-15)29-24(32)31-25(33)30-23-17(26)4-3-5-18(23)27/h3-13H,1-2H3,(H3,29,30,31,32,33). The molecule has 0 spiro atoms. The summed E-state index contributed by atoms with van der Waals surface area (Å²) in [4.78, 5) is 28.7. The molecule has 0 bridgehead atoms. The van der Waals surface area contributed by atoms with Gasteiger partial charge in [-0.05, 0) is 48.5 Å². The number of carbonyl (C=O) groups excluding carboxylic acids is 2. The van der Waals surface area contributed by atoms with Crippen LogP contribution in [0.4, 0.5) is 21.0 Å². The highest BCUT2D eigenvalue weighted by atomic mass is 35.5. The fourth-order valence-electron chi connectivity index (χ4n) is 3.30. The van der Waals surface area contributed by atoms with E-state index in [1.807, 2.05) is 0 Å². The summed E-state index contributed by atoms with van der Waals surface area (Å²) in [6.45, 7) is 0. The Labute approximate surface area is 216 Å². The van der Waals surface area contributed by atoms with Gasteiger partial charge < -0.3 is 24.8 Å². The van der Waals surface area contributed by atoms with E-state index in [-0.39, 0.29) is 15.7 Å². The maximum atomic E-state index is 12.2. The van der Waals surface area contributed by atoms with Crippen LogP contribution in [-0.4, -0.2) is 31.3 Å². The summed E-state index contributed by atoms with van der Waals surface area (Å²) in [6, 6.07) is 15.1. The molecule has 0 radical (unpaired) electrons. The summed E-state index contributed by atoms with van der Waals surface area (Å²) >= 11 is 12.0. The predicted octanol–water partition coefficient (Wildman–Crippen LogP) is 6.70. The molecule has 1 heterocycles. The average Bonchev–Trinajstić information content (AvgIpc) is 2.86. The number of anilines is 2. The number of carbonyl (C=O) groups is 2. The summed E-state index contributed by atoms with van der Waals surface area (Å²) in [6.07, 6.45) is 1.63. The highest BCUT2D eigenvalue weighted by Crippen LogP contribution is 2.37. The van der Waals surface area contributed by atoms with Gasteiger partial charge in [-0.3, -0.25) is 10.3 Å². The molecule has 36 heavy (non-hydrogen) atoms. The van der Waals surface area contributed by atoms with Gasteiger partial charge >= 0.3 is 12.1 Å². The molecule has 184 valence electrons. The normalized spacial score (nSPS) is 10.4. The second-order valence-corrected chi connectivity index (χ2v) is 8.10. The Bertz CT molecular complexity index is 1410. The lowest BCUT2D eigenvalue weighted by Gasteiger charge is -2.13. The number of pyridine rings is 1. The summed E-state index contributed by atoms with van der Waals surface area (Å²) in [5, 5.41) is 8.38. The number of methoxy groups -OCH3 is 2. The molecule has 1 aromatic heterocycles. The van der Waals surface area contributed by atoms with E-state index < -0.39 is 12.1 Å². The Morgan fingerprint density at radius 2 is 1.44 bits per heavy atom. The van der Waals surface area contributed by atoms with Crippen LogP contribution < -0.4 is 30.2 Å². The first-order valence-corrected chi connectivity index (χ1v) is 11.2. The van der Waals surface area contributed by atoms with Crippen LogP contribution in [0.15, 0.2) is 66.9 Å². The minimum atomic E-state index is -0.793. The Morgan fingerprint density at radius 3 is 2.11 bits per heavy atom. The van der Waals surface area contributed by atoms with Gasteiger partial charge in [0.2, 0.25) is 0 Å². The zero-order valence-corrected chi connectivity index (χ0v) is 20.6. The highest BCUT2D eigenvalue weighted by molar-refractivity contribution is 6.39. The summed E-state index contributed by atoms with van der Waals surface area (Å²) < 4.78 is 16.7. The van der Waals surface area contributed by atoms with Gasteiger partial charge in [0.25, 0.3) is 0 Å². The maximum absolute atomic E-state index is 12.2. The van der Waals surface area contributed by atoms with Gasteiger partial charge in [0.05, 0.1) is 35.5 Å². The van der Waals surface area contributed by atoms with E-state index in [1.54, 1.807) is 81.1 Å². The molecule has 0 aliphatic carbocycles. The zero-order valence-electron chi connectivity index (χ0n) is 19.1. The topological polar surface area (TPSA) is 111 Å². The second-order valence-electron chi connectivity index (χ2n) is 7.29. The van der Waals surface area contributed by atoms with Crippen LogP contribution in [0, 0.1) is 0 Å². The SMILES string of the molecule is COc1cc2nccc(Oc3ccc(NC(=O)NC(=O)Nc4c(Cl)cccc4Cl)cc3)c2cc1OC. The number of fused-ring (bicyclic) bond motifs is 1. The Morgan fingerprint density at radius 1 is 0.806 bits per heavy atom. The lowest BCUT2D eigenvalue weighted by Crippen LogP contribution is -2.37. The number of rotatable bonds is 6. The summed E-state index contributed by atoms with van der Waals surface area (Å²) in [5.41, 5.74) is 1.32. The van der Waals surface area contributed by atoms with Crippen molar-refractivity contribution in [2.24, 2.45) is 0 Å². The fraction of sp³-hybridized carbons (Fsp3) is 0.0800. The van der Waals surface area contributed by atoms with E-state index >= 15 is 0 Å². The Kier molecular flexibility index (Phi) is 7.62. The van der Waals surface area contributed by atoms with Crippen LogP contribution in [0.25, 0.3) is 10.9 Å². The van der Waals surface area contributed by atoms with E-state index in [0.717, 1.165) is 5.39 Å². The number of nitrogens with zero attached hydrogens (tertiary/aromatic N) is 1. The number of urea groups is 2. The molecule has 0 saturated heterocycles. The molecule has 0 fully saturated rings. The van der Waals surface area contributed by atoms with Crippen molar-refractivity contribution < 1.29 is 23.8 Å². The number of benzene rings is 3. The largest absolute Gasteiger partial charge is 0.493 e. The van der Waals surface area contributed by atoms with Gasteiger partial charge in [-0.1, -0.05) is 29.3 Å². The molecule has 3 aromatic carbocycles. The van der Waals surface area contributed by atoms with Crippen LogP contribution in [0.5, 0.6) is 23.0 Å². The van der Waals surface area contributed by atoms with Crippen molar-refractivity contribution in [1.82, 2.24) is 10.3 Å². The van der Waals surface area contributed by atoms with Crippen LogP contribution in [0.1, 0.15) is 0 Å². The number of para-hydroxylation sites is 1. The molecule has 4 amide bonds. The van der Waals surface area contributed by atoms with Crippen molar-refractivity contribution in [3.8, 4) is 23.0 Å². The lowest BCUT2D eigenvalue weighted by atomic mass is 10.2. The smallest absolute Gasteiger partial charge is 0.327 e. The van der Waals surface area contributed by atoms with Gasteiger partial charge in [0.1, 0.15) is 11.5 Å². The Hall–Kier alpha value is -4.21. The van der Waals surface area contributed by atoms with E-state index in [4.69, 9.17) is 37.4 Å². The first-order valence-electron chi connectivity index (χ1n) is 10.5. The van der Waals surface area contributed by atoms with Crippen LogP contribution in [0.2, 0.25) is 10.0 Å². The minimum absolute atomic E-state index is 0.201. The van der Waals surface area contributed by atoms with Gasteiger partial charge in [0, 0.05) is 23.3 Å². The average molecular weight is 527 g/mol. The van der Waals surface area contributed by atoms with Crippen molar-refractivity contribution >= 4 is 57.5 Å². The van der Waals surface area contributed by atoms with Crippen LogP contribution >= 0.6 is 23.2 Å². The molecule has 0 saturated carbocycles. The number of imide groups is 1. The molecule has 3 N–H and O–H groups in total. The number of halogens is 2. The molecule has 9 nitrogen and oxygen atoms in total. The van der Waals surface area contributed by atoms with E-state index in [9.17, 15) is 9.59 Å². The molecule has 0 aliphatic rings. The first kappa shape index (κ1) is 24.9. The number of ether oxygens (including phenoxy) is 3. The van der Waals surface area contributed by atoms with Crippen molar-refractivity contribution in [3.63, 3.8) is 0 Å². The molecule has 11 heteroatoms. The number of amides is 4. The first-order chi connectivity index (χ1) is 17.4. The monoisotopic (exact) mass is 526 g/mol. The van der Waals surface area contributed by atoms with Gasteiger partial charge in [0.15, 0.2) is 11.5 Å². The van der Waals surface area contributed by atoms with Crippen molar-refractivity contribution in [1.29, 1.82) is 0 Å². The third-order valence-electron chi connectivity index (χ3n) is 4.98. The number of aromatic nitrogens is 1. The summed E-state index contributed by atoms with van der Waals surface area (Å²) in [7, 11) is 3.11. The predicted molar refractivity (Wildman–Crippen MR) is 139 cm³/mol. The number of hydrogen-bond acceptors (Lipinski definition) is 6. The molecule has 0 unspecified atom stereocenters. The number of hydrogen-bond donors (Lipinski definition) is 3. The van der Waals surface area contributed by atoms with Crippen molar-refractivity contribution in [2.75, 3.05) is 24.9 Å². The van der Waals surface area contributed by atoms with E-state index in [2.05, 4.69) is 20.9 Å². The molecular weight excluding hydrogens is 507 g/mol. The molecule has 0 atom stereocenters. The highest BCUT2D eigenvalue weighted by Gasteiger charge is 2.14. The third-order valence-corrected chi connectivity index (χ3v) is 5.61. The summed E-state index contributed by atoms with van der Waals surface area (Å²) in [5.74, 6) is 2.20. The van der Waals surface area contributed by atoms with Gasteiger partial charge in [-0.15, -0.1) is 0 Å². The molecular formula is C25H20Cl2N4O5. The fourth-order valence-corrected chi connectivity index (χ4v) is 3.79. The lowest BCUT2D eigenvalue weighted by molar-refractivity contribution is 0.240. The molecule has 4 aromatic rings. The molecule has 4 rings (SSSR count). The minimum Gasteiger partial charge on any atom is -0.493 e. The van der Waals surface area contributed by atoms with Crippen molar-refractivity contribution in [2.45, 2.75) is 0 Å². The Balaban J connectivity index is 1.40.